The first-order chi connectivity index (χ1) is 8.70. The van der Waals surface area contributed by atoms with E-state index in [1.165, 1.54) is 0 Å². The summed E-state index contributed by atoms with van der Waals surface area (Å²) in [5.41, 5.74) is 0. The monoisotopic (exact) mass is 260 g/mol. The smallest absolute Gasteiger partial charge is 0.303 e. The summed E-state index contributed by atoms with van der Waals surface area (Å²) in [6, 6.07) is 0. The fourth-order valence-electron chi connectivity index (χ4n) is 2.03. The minimum atomic E-state index is -0.699. The van der Waals surface area contributed by atoms with Gasteiger partial charge < -0.3 is 14.9 Å². The lowest BCUT2D eigenvalue weighted by Crippen LogP contribution is -2.15. The number of rotatable bonds is 13. The number of aliphatic hydroxyl groups excluding tert-OH is 1. The van der Waals surface area contributed by atoms with E-state index in [9.17, 15) is 4.79 Å². The zero-order chi connectivity index (χ0) is 13.6. The first kappa shape index (κ1) is 17.4. The summed E-state index contributed by atoms with van der Waals surface area (Å²) in [7, 11) is 0. The van der Waals surface area contributed by atoms with Crippen LogP contribution in [0.25, 0.3) is 0 Å². The van der Waals surface area contributed by atoms with Crippen molar-refractivity contribution < 1.29 is 19.7 Å². The van der Waals surface area contributed by atoms with Gasteiger partial charge in [-0.05, 0) is 19.3 Å². The second kappa shape index (κ2) is 12.8. The summed E-state index contributed by atoms with van der Waals surface area (Å²) >= 11 is 0. The number of aliphatic carboxylic acids is 1. The Morgan fingerprint density at radius 3 is 2.39 bits per heavy atom. The third-order valence-electron chi connectivity index (χ3n) is 2.97. The molecule has 0 spiro atoms. The average Bonchev–Trinajstić information content (AvgIpc) is 2.34. The zero-order valence-electron chi connectivity index (χ0n) is 11.6. The van der Waals surface area contributed by atoms with E-state index in [2.05, 4.69) is 6.92 Å². The molecule has 0 saturated carbocycles. The summed E-state index contributed by atoms with van der Waals surface area (Å²) in [5.74, 6) is -0.699. The average molecular weight is 260 g/mol. The molecule has 0 saturated heterocycles. The molecule has 4 nitrogen and oxygen atoms in total. The summed E-state index contributed by atoms with van der Waals surface area (Å²) in [5, 5.41) is 17.2. The Balaban J connectivity index is 3.39. The van der Waals surface area contributed by atoms with Crippen molar-refractivity contribution in [2.45, 2.75) is 70.8 Å². The molecular formula is C14H28O4. The lowest BCUT2D eigenvalue weighted by Gasteiger charge is -2.16. The molecule has 1 atom stereocenters. The van der Waals surface area contributed by atoms with Gasteiger partial charge in [0.15, 0.2) is 0 Å². The molecule has 108 valence electrons. The van der Waals surface area contributed by atoms with E-state index in [4.69, 9.17) is 14.9 Å². The zero-order valence-corrected chi connectivity index (χ0v) is 11.6. The highest BCUT2D eigenvalue weighted by Gasteiger charge is 2.07. The molecule has 18 heavy (non-hydrogen) atoms. The Kier molecular flexibility index (Phi) is 12.4. The molecule has 0 radical (unpaired) electrons. The Labute approximate surface area is 110 Å². The second-order valence-electron chi connectivity index (χ2n) is 4.71. The van der Waals surface area contributed by atoms with Gasteiger partial charge in [-0.1, -0.05) is 39.0 Å². The lowest BCUT2D eigenvalue weighted by molar-refractivity contribution is -0.137. The van der Waals surface area contributed by atoms with Gasteiger partial charge in [0, 0.05) is 6.42 Å². The number of carbonyl (C=O) groups is 1. The van der Waals surface area contributed by atoms with E-state index in [1.807, 2.05) is 0 Å². The number of hydrogen-bond acceptors (Lipinski definition) is 3. The third kappa shape index (κ3) is 11.9. The fraction of sp³-hybridized carbons (Fsp3) is 0.929. The largest absolute Gasteiger partial charge is 0.481 e. The summed E-state index contributed by atoms with van der Waals surface area (Å²) in [6.07, 6.45) is 8.94. The maximum absolute atomic E-state index is 10.3. The van der Waals surface area contributed by atoms with Crippen LogP contribution in [0.4, 0.5) is 0 Å². The molecule has 0 aliphatic carbocycles. The van der Waals surface area contributed by atoms with Crippen LogP contribution >= 0.6 is 0 Å². The van der Waals surface area contributed by atoms with Gasteiger partial charge >= 0.3 is 5.97 Å². The molecule has 4 heteroatoms. The first-order valence-electron chi connectivity index (χ1n) is 7.15. The van der Waals surface area contributed by atoms with Gasteiger partial charge in [0.05, 0.1) is 19.3 Å². The molecule has 0 amide bonds. The Hall–Kier alpha value is -0.610. The van der Waals surface area contributed by atoms with Crippen molar-refractivity contribution in [3.63, 3.8) is 0 Å². The Morgan fingerprint density at radius 1 is 1.11 bits per heavy atom. The minimum absolute atomic E-state index is 0.0927. The van der Waals surface area contributed by atoms with Gasteiger partial charge in [-0.3, -0.25) is 4.79 Å². The van der Waals surface area contributed by atoms with Crippen molar-refractivity contribution in [2.24, 2.45) is 0 Å². The summed E-state index contributed by atoms with van der Waals surface area (Å²) < 4.78 is 5.56. The van der Waals surface area contributed by atoms with Crippen LogP contribution in [0.3, 0.4) is 0 Å². The molecule has 0 aromatic rings. The quantitative estimate of drug-likeness (QED) is 0.500. The molecular weight excluding hydrogens is 232 g/mol. The Morgan fingerprint density at radius 2 is 1.78 bits per heavy atom. The fourth-order valence-corrected chi connectivity index (χ4v) is 2.03. The molecule has 0 aliphatic rings. The number of hydrogen-bond donors (Lipinski definition) is 2. The van der Waals surface area contributed by atoms with E-state index < -0.39 is 5.97 Å². The second-order valence-corrected chi connectivity index (χ2v) is 4.71. The van der Waals surface area contributed by atoms with Gasteiger partial charge in [0.25, 0.3) is 0 Å². The third-order valence-corrected chi connectivity index (χ3v) is 2.97. The van der Waals surface area contributed by atoms with Crippen molar-refractivity contribution in [2.75, 3.05) is 13.2 Å². The van der Waals surface area contributed by atoms with Crippen LogP contribution in [-0.4, -0.2) is 35.5 Å². The van der Waals surface area contributed by atoms with Crippen molar-refractivity contribution in [1.29, 1.82) is 0 Å². The molecule has 0 fully saturated rings. The van der Waals surface area contributed by atoms with Gasteiger partial charge in [0.1, 0.15) is 0 Å². The predicted molar refractivity (Wildman–Crippen MR) is 71.7 cm³/mol. The molecule has 0 aliphatic heterocycles. The van der Waals surface area contributed by atoms with E-state index in [0.29, 0.717) is 6.61 Å². The highest BCUT2D eigenvalue weighted by molar-refractivity contribution is 5.66. The summed E-state index contributed by atoms with van der Waals surface area (Å²) in [6.45, 7) is 2.67. The standard InChI is InChI=1S/C14H28O4/c1-2-8-13(18-12-11-15)9-6-4-3-5-7-10-14(16)17/h13,15H,2-12H2,1H3,(H,16,17). The minimum Gasteiger partial charge on any atom is -0.481 e. The Bertz CT molecular complexity index is 194. The number of carboxylic acid groups (broad SMARTS) is 1. The maximum Gasteiger partial charge on any atom is 0.303 e. The van der Waals surface area contributed by atoms with E-state index >= 15 is 0 Å². The van der Waals surface area contributed by atoms with Gasteiger partial charge in [-0.2, -0.15) is 0 Å². The highest BCUT2D eigenvalue weighted by atomic mass is 16.5. The molecule has 2 N–H and O–H groups in total. The molecule has 0 bridgehead atoms. The van der Waals surface area contributed by atoms with Gasteiger partial charge in [0.2, 0.25) is 0 Å². The normalized spacial score (nSPS) is 12.6. The van der Waals surface area contributed by atoms with Gasteiger partial charge in [-0.15, -0.1) is 0 Å². The SMILES string of the molecule is CCCC(CCCCCCCC(=O)O)OCCO. The molecule has 0 aromatic heterocycles. The number of carboxylic acids is 1. The van der Waals surface area contributed by atoms with Crippen LogP contribution in [0.15, 0.2) is 0 Å². The van der Waals surface area contributed by atoms with Crippen LogP contribution < -0.4 is 0 Å². The van der Waals surface area contributed by atoms with Crippen molar-refractivity contribution in [3.05, 3.63) is 0 Å². The maximum atomic E-state index is 10.3. The van der Waals surface area contributed by atoms with Crippen molar-refractivity contribution in [3.8, 4) is 0 Å². The molecule has 1 unspecified atom stereocenters. The van der Waals surface area contributed by atoms with E-state index in [-0.39, 0.29) is 19.1 Å². The van der Waals surface area contributed by atoms with Crippen molar-refractivity contribution in [1.82, 2.24) is 0 Å². The first-order valence-corrected chi connectivity index (χ1v) is 7.15. The van der Waals surface area contributed by atoms with Crippen LogP contribution in [-0.2, 0) is 9.53 Å². The van der Waals surface area contributed by atoms with E-state index in [1.54, 1.807) is 0 Å². The molecule has 0 rings (SSSR count). The van der Waals surface area contributed by atoms with Gasteiger partial charge in [-0.25, -0.2) is 0 Å². The predicted octanol–water partition coefficient (Wildman–Crippen LogP) is 2.98. The molecule has 0 heterocycles. The lowest BCUT2D eigenvalue weighted by atomic mass is 10.0. The summed E-state index contributed by atoms with van der Waals surface area (Å²) in [4.78, 5) is 10.3. The topological polar surface area (TPSA) is 66.8 Å². The van der Waals surface area contributed by atoms with Crippen molar-refractivity contribution >= 4 is 5.97 Å². The van der Waals surface area contributed by atoms with Crippen LogP contribution in [0.1, 0.15) is 64.7 Å². The highest BCUT2D eigenvalue weighted by Crippen LogP contribution is 2.13. The van der Waals surface area contributed by atoms with Crippen LogP contribution in [0.2, 0.25) is 0 Å². The number of unbranched alkanes of at least 4 members (excludes halogenated alkanes) is 4. The number of aliphatic hydroxyl groups is 1. The van der Waals surface area contributed by atoms with E-state index in [0.717, 1.165) is 51.4 Å². The number of ether oxygens (including phenoxy) is 1. The van der Waals surface area contributed by atoms with Crippen LogP contribution in [0.5, 0.6) is 0 Å². The molecule has 0 aromatic carbocycles. The van der Waals surface area contributed by atoms with Crippen LogP contribution in [0, 0.1) is 0 Å².